The number of amides is 2. The fraction of sp³-hybridized carbons (Fsp3) is 0.500. The number of urea groups is 1. The van der Waals surface area contributed by atoms with Gasteiger partial charge in [-0.2, -0.15) is 13.2 Å². The summed E-state index contributed by atoms with van der Waals surface area (Å²) in [5, 5.41) is 5.83. The SMILES string of the molecule is O=C(Nc1cccc(C(F)(F)F)c1)N1CC2CNCC2C1. The summed E-state index contributed by atoms with van der Waals surface area (Å²) in [5.74, 6) is 0.912. The minimum absolute atomic E-state index is 0.171. The number of carbonyl (C=O) groups excluding carboxylic acids is 1. The van der Waals surface area contributed by atoms with Gasteiger partial charge in [0, 0.05) is 31.9 Å². The van der Waals surface area contributed by atoms with Crippen LogP contribution < -0.4 is 10.6 Å². The smallest absolute Gasteiger partial charge is 0.324 e. The van der Waals surface area contributed by atoms with Gasteiger partial charge in [0.1, 0.15) is 0 Å². The lowest BCUT2D eigenvalue weighted by Gasteiger charge is -2.18. The van der Waals surface area contributed by atoms with Crippen LogP contribution in [0.1, 0.15) is 5.56 Å². The maximum atomic E-state index is 12.6. The summed E-state index contributed by atoms with van der Waals surface area (Å²) in [4.78, 5) is 13.8. The van der Waals surface area contributed by atoms with Gasteiger partial charge >= 0.3 is 12.2 Å². The minimum Gasteiger partial charge on any atom is -0.324 e. The molecule has 0 radical (unpaired) electrons. The van der Waals surface area contributed by atoms with E-state index in [1.54, 1.807) is 4.90 Å². The van der Waals surface area contributed by atoms with Crippen molar-refractivity contribution in [3.05, 3.63) is 29.8 Å². The Morgan fingerprint density at radius 2 is 1.90 bits per heavy atom. The number of carbonyl (C=O) groups is 1. The zero-order valence-corrected chi connectivity index (χ0v) is 11.3. The van der Waals surface area contributed by atoms with Crippen LogP contribution in [0.15, 0.2) is 24.3 Å². The molecule has 2 heterocycles. The molecule has 1 aromatic carbocycles. The molecular formula is C14H16F3N3O. The third kappa shape index (κ3) is 2.97. The highest BCUT2D eigenvalue weighted by atomic mass is 19.4. The molecule has 2 fully saturated rings. The van der Waals surface area contributed by atoms with Crippen molar-refractivity contribution in [1.82, 2.24) is 10.2 Å². The van der Waals surface area contributed by atoms with E-state index >= 15 is 0 Å². The fourth-order valence-electron chi connectivity index (χ4n) is 3.00. The topological polar surface area (TPSA) is 44.4 Å². The maximum Gasteiger partial charge on any atom is 0.416 e. The molecule has 0 aliphatic carbocycles. The van der Waals surface area contributed by atoms with Gasteiger partial charge in [0.25, 0.3) is 0 Å². The normalized spacial score (nSPS) is 25.0. The second-order valence-corrected chi connectivity index (χ2v) is 5.59. The maximum absolute atomic E-state index is 12.6. The van der Waals surface area contributed by atoms with Crippen LogP contribution in [0.3, 0.4) is 0 Å². The van der Waals surface area contributed by atoms with Gasteiger partial charge in [0.05, 0.1) is 5.56 Å². The number of likely N-dealkylation sites (tertiary alicyclic amines) is 1. The monoisotopic (exact) mass is 299 g/mol. The van der Waals surface area contributed by atoms with E-state index in [1.165, 1.54) is 12.1 Å². The van der Waals surface area contributed by atoms with Crippen LogP contribution in [0, 0.1) is 11.8 Å². The first-order valence-electron chi connectivity index (χ1n) is 6.87. The Bertz CT molecular complexity index is 535. The number of nitrogens with zero attached hydrogens (tertiary/aromatic N) is 1. The Kier molecular flexibility index (Phi) is 3.52. The summed E-state index contributed by atoms with van der Waals surface area (Å²) in [5.41, 5.74) is -0.590. The molecule has 2 aliphatic rings. The predicted molar refractivity (Wildman–Crippen MR) is 71.9 cm³/mol. The van der Waals surface area contributed by atoms with Crippen molar-refractivity contribution < 1.29 is 18.0 Å². The first kappa shape index (κ1) is 14.2. The van der Waals surface area contributed by atoms with Gasteiger partial charge in [0.15, 0.2) is 0 Å². The molecule has 2 saturated heterocycles. The minimum atomic E-state index is -4.41. The van der Waals surface area contributed by atoms with Crippen molar-refractivity contribution in [2.24, 2.45) is 11.8 Å². The number of halogens is 3. The highest BCUT2D eigenvalue weighted by Crippen LogP contribution is 2.31. The second kappa shape index (κ2) is 5.22. The number of nitrogens with one attached hydrogen (secondary N) is 2. The lowest BCUT2D eigenvalue weighted by molar-refractivity contribution is -0.137. The molecule has 1 aromatic rings. The summed E-state index contributed by atoms with van der Waals surface area (Å²) in [6, 6.07) is 4.37. The van der Waals surface area contributed by atoms with Crippen molar-refractivity contribution in [3.8, 4) is 0 Å². The molecule has 0 spiro atoms. The zero-order valence-electron chi connectivity index (χ0n) is 11.3. The number of rotatable bonds is 1. The second-order valence-electron chi connectivity index (χ2n) is 5.59. The van der Waals surface area contributed by atoms with Gasteiger partial charge in [-0.25, -0.2) is 4.79 Å². The van der Waals surface area contributed by atoms with Gasteiger partial charge in [-0.1, -0.05) is 6.07 Å². The van der Waals surface area contributed by atoms with Crippen molar-refractivity contribution in [2.45, 2.75) is 6.18 Å². The van der Waals surface area contributed by atoms with Crippen LogP contribution in [0.2, 0.25) is 0 Å². The largest absolute Gasteiger partial charge is 0.416 e. The van der Waals surface area contributed by atoms with Crippen LogP contribution in [-0.4, -0.2) is 37.1 Å². The summed E-state index contributed by atoms with van der Waals surface area (Å²) < 4.78 is 37.9. The van der Waals surface area contributed by atoms with Crippen LogP contribution in [0.4, 0.5) is 23.7 Å². The predicted octanol–water partition coefficient (Wildman–Crippen LogP) is 2.39. The Hall–Kier alpha value is -1.76. The van der Waals surface area contributed by atoms with Gasteiger partial charge in [-0.15, -0.1) is 0 Å². The van der Waals surface area contributed by atoms with Crippen molar-refractivity contribution in [2.75, 3.05) is 31.5 Å². The Labute approximate surface area is 120 Å². The zero-order chi connectivity index (χ0) is 15.0. The molecular weight excluding hydrogens is 283 g/mol. The standard InChI is InChI=1S/C14H16F3N3O/c15-14(16,17)11-2-1-3-12(4-11)19-13(21)20-7-9-5-18-6-10(9)8-20/h1-4,9-10,18H,5-8H2,(H,19,21). The summed E-state index contributed by atoms with van der Waals surface area (Å²) in [6.45, 7) is 3.11. The molecule has 2 unspecified atom stereocenters. The molecule has 3 rings (SSSR count). The number of hydrogen-bond donors (Lipinski definition) is 2. The van der Waals surface area contributed by atoms with E-state index in [2.05, 4.69) is 10.6 Å². The van der Waals surface area contributed by atoms with Crippen LogP contribution in [-0.2, 0) is 6.18 Å². The van der Waals surface area contributed by atoms with E-state index in [0.717, 1.165) is 25.2 Å². The summed E-state index contributed by atoms with van der Waals surface area (Å²) in [6.07, 6.45) is -4.41. The lowest BCUT2D eigenvalue weighted by atomic mass is 10.0. The van der Waals surface area contributed by atoms with Crippen LogP contribution in [0.25, 0.3) is 0 Å². The number of hydrogen-bond acceptors (Lipinski definition) is 2. The number of alkyl halides is 3. The third-order valence-electron chi connectivity index (χ3n) is 4.12. The van der Waals surface area contributed by atoms with Crippen molar-refractivity contribution in [3.63, 3.8) is 0 Å². The average molecular weight is 299 g/mol. The number of benzene rings is 1. The summed E-state index contributed by atoms with van der Waals surface area (Å²) >= 11 is 0. The lowest BCUT2D eigenvalue weighted by Crippen LogP contribution is -2.35. The average Bonchev–Trinajstić information content (AvgIpc) is 2.98. The highest BCUT2D eigenvalue weighted by molar-refractivity contribution is 5.89. The Morgan fingerprint density at radius 1 is 1.24 bits per heavy atom. The first-order chi connectivity index (χ1) is 9.93. The van der Waals surface area contributed by atoms with E-state index < -0.39 is 11.7 Å². The molecule has 7 heteroatoms. The first-order valence-corrected chi connectivity index (χ1v) is 6.87. The van der Waals surface area contributed by atoms with Crippen molar-refractivity contribution >= 4 is 11.7 Å². The van der Waals surface area contributed by atoms with Crippen LogP contribution >= 0.6 is 0 Å². The van der Waals surface area contributed by atoms with Gasteiger partial charge < -0.3 is 15.5 Å². The molecule has 2 amide bonds. The molecule has 0 aromatic heterocycles. The number of anilines is 1. The van der Waals surface area contributed by atoms with Gasteiger partial charge in [0.2, 0.25) is 0 Å². The Morgan fingerprint density at radius 3 is 2.52 bits per heavy atom. The number of fused-ring (bicyclic) bond motifs is 1. The molecule has 2 N–H and O–H groups in total. The van der Waals surface area contributed by atoms with Crippen molar-refractivity contribution in [1.29, 1.82) is 0 Å². The summed E-state index contributed by atoms with van der Waals surface area (Å²) in [7, 11) is 0. The van der Waals surface area contributed by atoms with E-state index in [-0.39, 0.29) is 11.7 Å². The highest BCUT2D eigenvalue weighted by Gasteiger charge is 2.38. The molecule has 2 aliphatic heterocycles. The van der Waals surface area contributed by atoms with Crippen LogP contribution in [0.5, 0.6) is 0 Å². The third-order valence-corrected chi connectivity index (χ3v) is 4.12. The quantitative estimate of drug-likeness (QED) is 0.836. The van der Waals surface area contributed by atoms with Gasteiger partial charge in [-0.05, 0) is 30.0 Å². The molecule has 2 atom stereocenters. The molecule has 0 bridgehead atoms. The van der Waals surface area contributed by atoms with E-state index in [1.807, 2.05) is 0 Å². The fourth-order valence-corrected chi connectivity index (χ4v) is 3.00. The molecule has 21 heavy (non-hydrogen) atoms. The van der Waals surface area contributed by atoms with E-state index in [0.29, 0.717) is 24.9 Å². The van der Waals surface area contributed by atoms with E-state index in [4.69, 9.17) is 0 Å². The van der Waals surface area contributed by atoms with E-state index in [9.17, 15) is 18.0 Å². The molecule has 114 valence electrons. The molecule has 4 nitrogen and oxygen atoms in total. The molecule has 0 saturated carbocycles. The Balaban J connectivity index is 1.65. The van der Waals surface area contributed by atoms with Gasteiger partial charge in [-0.3, -0.25) is 0 Å².